The summed E-state index contributed by atoms with van der Waals surface area (Å²) >= 11 is 0. The van der Waals surface area contributed by atoms with Crippen LogP contribution in [0.4, 0.5) is 0 Å². The van der Waals surface area contributed by atoms with Crippen LogP contribution in [0.2, 0.25) is 0 Å². The monoisotopic (exact) mass is 891 g/mol. The molecule has 0 aromatic carbocycles. The number of rotatable bonds is 53. The molecule has 374 valence electrons. The van der Waals surface area contributed by atoms with E-state index in [9.17, 15) is 14.4 Å². The zero-order valence-electron chi connectivity index (χ0n) is 42.9. The zero-order valence-corrected chi connectivity index (χ0v) is 42.9. The van der Waals surface area contributed by atoms with Crippen molar-refractivity contribution in [3.63, 3.8) is 0 Å². The minimum absolute atomic E-state index is 0.0613. The fourth-order valence-corrected chi connectivity index (χ4v) is 8.80. The molecular weight excluding hydrogens is 781 g/mol. The Morgan fingerprint density at radius 1 is 0.254 bits per heavy atom. The lowest BCUT2D eigenvalue weighted by molar-refractivity contribution is -0.167. The van der Waals surface area contributed by atoms with Gasteiger partial charge >= 0.3 is 17.9 Å². The lowest BCUT2D eigenvalue weighted by atomic mass is 10.0. The zero-order chi connectivity index (χ0) is 45.8. The lowest BCUT2D eigenvalue weighted by Gasteiger charge is -2.18. The van der Waals surface area contributed by atoms with E-state index < -0.39 is 6.10 Å². The molecule has 0 aromatic heterocycles. The van der Waals surface area contributed by atoms with Crippen LogP contribution in [0.25, 0.3) is 0 Å². The van der Waals surface area contributed by atoms with Gasteiger partial charge in [-0.3, -0.25) is 14.4 Å². The first kappa shape index (κ1) is 61.4. The Hall–Kier alpha value is -1.59. The maximum absolute atomic E-state index is 12.8. The second-order valence-electron chi connectivity index (χ2n) is 19.6. The molecule has 0 heterocycles. The van der Waals surface area contributed by atoms with Crippen LogP contribution in [0.15, 0.2) is 0 Å². The molecule has 0 fully saturated rings. The van der Waals surface area contributed by atoms with E-state index in [1.54, 1.807) is 0 Å². The summed E-state index contributed by atoms with van der Waals surface area (Å²) in [5, 5.41) is 0. The van der Waals surface area contributed by atoms with Crippen LogP contribution in [-0.4, -0.2) is 37.2 Å². The van der Waals surface area contributed by atoms with Gasteiger partial charge in [-0.1, -0.05) is 290 Å². The highest BCUT2D eigenvalue weighted by atomic mass is 16.6. The van der Waals surface area contributed by atoms with Gasteiger partial charge in [0.2, 0.25) is 0 Å². The summed E-state index contributed by atoms with van der Waals surface area (Å²) < 4.78 is 16.9. The predicted molar refractivity (Wildman–Crippen MR) is 270 cm³/mol. The molecule has 0 saturated heterocycles. The molecule has 0 bridgehead atoms. The third-order valence-corrected chi connectivity index (χ3v) is 13.1. The van der Waals surface area contributed by atoms with Gasteiger partial charge in [-0.15, -0.1) is 0 Å². The van der Waals surface area contributed by atoms with E-state index in [1.165, 1.54) is 231 Å². The average Bonchev–Trinajstić information content (AvgIpc) is 3.28. The Labute approximate surface area is 393 Å². The van der Waals surface area contributed by atoms with Gasteiger partial charge in [-0.05, 0) is 19.3 Å². The maximum Gasteiger partial charge on any atom is 0.306 e. The molecule has 0 amide bonds. The predicted octanol–water partition coefficient (Wildman–Crippen LogP) is 18.8. The van der Waals surface area contributed by atoms with Crippen molar-refractivity contribution in [2.75, 3.05) is 13.2 Å². The number of unbranched alkanes of at least 4 members (excludes halogenated alkanes) is 42. The lowest BCUT2D eigenvalue weighted by Crippen LogP contribution is -2.30. The molecule has 0 spiro atoms. The van der Waals surface area contributed by atoms with Crippen molar-refractivity contribution >= 4 is 17.9 Å². The van der Waals surface area contributed by atoms with Crippen LogP contribution in [0.1, 0.15) is 329 Å². The van der Waals surface area contributed by atoms with Crippen molar-refractivity contribution in [3.05, 3.63) is 0 Å². The van der Waals surface area contributed by atoms with Gasteiger partial charge in [0.1, 0.15) is 13.2 Å². The summed E-state index contributed by atoms with van der Waals surface area (Å²) in [6.45, 7) is 6.69. The van der Waals surface area contributed by atoms with Gasteiger partial charge in [0.15, 0.2) is 6.10 Å². The Morgan fingerprint density at radius 3 is 0.635 bits per heavy atom. The van der Waals surface area contributed by atoms with E-state index in [1.807, 2.05) is 0 Å². The Bertz CT molecular complexity index is 936. The summed E-state index contributed by atoms with van der Waals surface area (Å²) in [6, 6.07) is 0. The van der Waals surface area contributed by atoms with Gasteiger partial charge in [0, 0.05) is 19.3 Å². The van der Waals surface area contributed by atoms with Crippen LogP contribution < -0.4 is 0 Å². The smallest absolute Gasteiger partial charge is 0.306 e. The summed E-state index contributed by atoms with van der Waals surface area (Å²) in [6.07, 6.45) is 58.1. The Balaban J connectivity index is 4.23. The third-order valence-electron chi connectivity index (χ3n) is 13.1. The topological polar surface area (TPSA) is 78.9 Å². The molecule has 0 rings (SSSR count). The van der Waals surface area contributed by atoms with Crippen LogP contribution in [0.5, 0.6) is 0 Å². The van der Waals surface area contributed by atoms with Crippen molar-refractivity contribution in [2.24, 2.45) is 0 Å². The number of carbonyl (C=O) groups is 3. The number of esters is 3. The van der Waals surface area contributed by atoms with Gasteiger partial charge in [-0.2, -0.15) is 0 Å². The van der Waals surface area contributed by atoms with Gasteiger partial charge in [0.05, 0.1) is 0 Å². The molecule has 0 unspecified atom stereocenters. The molecule has 1 atom stereocenters. The van der Waals surface area contributed by atoms with E-state index in [0.29, 0.717) is 19.3 Å². The second-order valence-corrected chi connectivity index (χ2v) is 19.6. The van der Waals surface area contributed by atoms with E-state index in [0.717, 1.165) is 57.8 Å². The van der Waals surface area contributed by atoms with Crippen molar-refractivity contribution in [1.82, 2.24) is 0 Å². The maximum atomic E-state index is 12.8. The third kappa shape index (κ3) is 51.3. The van der Waals surface area contributed by atoms with Crippen LogP contribution in [0, 0.1) is 0 Å². The second kappa shape index (κ2) is 53.0. The van der Waals surface area contributed by atoms with Crippen molar-refractivity contribution in [2.45, 2.75) is 335 Å². The molecule has 0 aliphatic heterocycles. The SMILES string of the molecule is CCCCCCCCCCCCCCCCCCCCC(=O)OC[C@H](COC(=O)CCCCCCCCCCCC)OC(=O)CCCCCCCCCCCCCCCCCCC. The molecule has 6 nitrogen and oxygen atoms in total. The summed E-state index contributed by atoms with van der Waals surface area (Å²) in [5.74, 6) is -0.836. The molecule has 0 aliphatic carbocycles. The number of hydrogen-bond donors (Lipinski definition) is 0. The molecule has 0 aromatic rings. The van der Waals surface area contributed by atoms with Gasteiger partial charge in [-0.25, -0.2) is 0 Å². The Kier molecular flexibility index (Phi) is 51.7. The summed E-state index contributed by atoms with van der Waals surface area (Å²) in [7, 11) is 0. The quantitative estimate of drug-likeness (QED) is 0.0344. The summed E-state index contributed by atoms with van der Waals surface area (Å²) in [5.41, 5.74) is 0. The molecule has 6 heteroatoms. The van der Waals surface area contributed by atoms with Crippen molar-refractivity contribution in [3.8, 4) is 0 Å². The number of hydrogen-bond acceptors (Lipinski definition) is 6. The first-order valence-electron chi connectivity index (χ1n) is 28.5. The molecule has 0 N–H and O–H groups in total. The minimum Gasteiger partial charge on any atom is -0.462 e. The highest BCUT2D eigenvalue weighted by Crippen LogP contribution is 2.18. The fourth-order valence-electron chi connectivity index (χ4n) is 8.80. The average molecular weight is 892 g/mol. The number of carbonyl (C=O) groups excluding carboxylic acids is 3. The van der Waals surface area contributed by atoms with Crippen molar-refractivity contribution in [1.29, 1.82) is 0 Å². The van der Waals surface area contributed by atoms with E-state index in [4.69, 9.17) is 14.2 Å². The van der Waals surface area contributed by atoms with Crippen LogP contribution in [-0.2, 0) is 28.6 Å². The highest BCUT2D eigenvalue weighted by molar-refractivity contribution is 5.71. The standard InChI is InChI=1S/C57H110O6/c1-4-7-10-13-16-19-22-24-26-28-30-31-33-35-38-41-44-47-50-56(59)62-53-54(52-61-55(58)49-46-43-40-37-21-18-15-12-9-6-3)63-57(60)51-48-45-42-39-36-34-32-29-27-25-23-20-17-14-11-8-5-2/h54H,4-53H2,1-3H3/t54-/m0/s1. The van der Waals surface area contributed by atoms with Gasteiger partial charge < -0.3 is 14.2 Å². The highest BCUT2D eigenvalue weighted by Gasteiger charge is 2.19. The minimum atomic E-state index is -0.760. The van der Waals surface area contributed by atoms with E-state index in [2.05, 4.69) is 20.8 Å². The molecular formula is C57H110O6. The number of ether oxygens (including phenoxy) is 3. The molecule has 63 heavy (non-hydrogen) atoms. The van der Waals surface area contributed by atoms with E-state index in [-0.39, 0.29) is 31.1 Å². The van der Waals surface area contributed by atoms with Crippen molar-refractivity contribution < 1.29 is 28.6 Å². The largest absolute Gasteiger partial charge is 0.462 e. The van der Waals surface area contributed by atoms with Crippen LogP contribution >= 0.6 is 0 Å². The van der Waals surface area contributed by atoms with Crippen LogP contribution in [0.3, 0.4) is 0 Å². The normalized spacial score (nSPS) is 11.9. The summed E-state index contributed by atoms with van der Waals surface area (Å²) in [4.78, 5) is 38.0. The first-order valence-corrected chi connectivity index (χ1v) is 28.5. The molecule has 0 radical (unpaired) electrons. The molecule has 0 aliphatic rings. The fraction of sp³-hybridized carbons (Fsp3) is 0.947. The Morgan fingerprint density at radius 2 is 0.429 bits per heavy atom. The first-order chi connectivity index (χ1) is 31.0. The van der Waals surface area contributed by atoms with E-state index >= 15 is 0 Å². The molecule has 0 saturated carbocycles. The van der Waals surface area contributed by atoms with Gasteiger partial charge in [0.25, 0.3) is 0 Å².